The number of hydrogen-bond acceptors (Lipinski definition) is 2. The van der Waals surface area contributed by atoms with Gasteiger partial charge in [0.2, 0.25) is 0 Å². The van der Waals surface area contributed by atoms with Gasteiger partial charge in [-0.05, 0) is 101 Å². The average Bonchev–Trinajstić information content (AvgIpc) is 3.60. The molecule has 3 heteroatoms. The highest BCUT2D eigenvalue weighted by Crippen LogP contribution is 2.48. The Bertz CT molecular complexity index is 2880. The monoisotopic (exact) mass is 703 g/mol. The Balaban J connectivity index is 1.33. The molecule has 0 unspecified atom stereocenters. The van der Waals surface area contributed by atoms with E-state index >= 15 is 0 Å². The van der Waals surface area contributed by atoms with Crippen LogP contribution < -0.4 is 9.80 Å². The Kier molecular flexibility index (Phi) is 8.16. The van der Waals surface area contributed by atoms with E-state index in [1.807, 2.05) is 0 Å². The molecule has 0 saturated heterocycles. The van der Waals surface area contributed by atoms with Gasteiger partial charge in [0.25, 0.3) is 0 Å². The standard InChI is InChI=1S/C52H37N3/c1-5-18-38(19-6-1)41-22-17-29-45(34-41)55-49-31-16-15-30-48(49)52-50(54(43-25-9-3-10-26-43)44-27-11-4-12-28-44)36-47(37-51(52)55)53(42-23-7-2-8-24-42)46-33-32-39-20-13-14-21-40(39)35-46/h1-37H. The van der Waals surface area contributed by atoms with Crippen molar-refractivity contribution in [1.82, 2.24) is 4.57 Å². The zero-order chi connectivity index (χ0) is 36.6. The molecule has 10 aromatic rings. The fourth-order valence-corrected chi connectivity index (χ4v) is 8.02. The van der Waals surface area contributed by atoms with Gasteiger partial charge in [-0.15, -0.1) is 0 Å². The average molecular weight is 704 g/mol. The van der Waals surface area contributed by atoms with E-state index in [0.29, 0.717) is 0 Å². The molecular weight excluding hydrogens is 667 g/mol. The lowest BCUT2D eigenvalue weighted by Crippen LogP contribution is -2.14. The molecule has 55 heavy (non-hydrogen) atoms. The maximum atomic E-state index is 2.45. The van der Waals surface area contributed by atoms with Gasteiger partial charge in [0, 0.05) is 39.2 Å². The summed E-state index contributed by atoms with van der Waals surface area (Å²) in [5, 5.41) is 4.79. The molecule has 3 nitrogen and oxygen atoms in total. The van der Waals surface area contributed by atoms with Gasteiger partial charge in [-0.3, -0.25) is 0 Å². The van der Waals surface area contributed by atoms with Crippen LogP contribution in [0.25, 0.3) is 49.4 Å². The molecule has 0 amide bonds. The van der Waals surface area contributed by atoms with Crippen LogP contribution in [-0.2, 0) is 0 Å². The van der Waals surface area contributed by atoms with Crippen molar-refractivity contribution >= 4 is 66.7 Å². The van der Waals surface area contributed by atoms with Gasteiger partial charge in [-0.2, -0.15) is 0 Å². The number of nitrogens with zero attached hydrogens (tertiary/aromatic N) is 3. The van der Waals surface area contributed by atoms with E-state index in [4.69, 9.17) is 0 Å². The maximum Gasteiger partial charge on any atom is 0.0583 e. The highest BCUT2D eigenvalue weighted by molar-refractivity contribution is 6.18. The minimum Gasteiger partial charge on any atom is -0.310 e. The molecule has 9 aromatic carbocycles. The predicted octanol–water partition coefficient (Wildman–Crippen LogP) is 14.5. The van der Waals surface area contributed by atoms with E-state index in [2.05, 4.69) is 239 Å². The van der Waals surface area contributed by atoms with Crippen LogP contribution in [-0.4, -0.2) is 4.57 Å². The minimum absolute atomic E-state index is 1.06. The third-order valence-corrected chi connectivity index (χ3v) is 10.5. The number of anilines is 6. The van der Waals surface area contributed by atoms with Crippen LogP contribution in [0.15, 0.2) is 224 Å². The normalized spacial score (nSPS) is 11.3. The van der Waals surface area contributed by atoms with Crippen LogP contribution in [0, 0.1) is 0 Å². The second-order valence-electron chi connectivity index (χ2n) is 13.8. The molecule has 260 valence electrons. The molecule has 0 N–H and O–H groups in total. The molecule has 0 radical (unpaired) electrons. The molecule has 0 aliphatic heterocycles. The Labute approximate surface area is 321 Å². The van der Waals surface area contributed by atoms with Gasteiger partial charge in [-0.1, -0.05) is 146 Å². The lowest BCUT2D eigenvalue weighted by molar-refractivity contribution is 1.17. The van der Waals surface area contributed by atoms with E-state index < -0.39 is 0 Å². The third-order valence-electron chi connectivity index (χ3n) is 10.5. The second-order valence-corrected chi connectivity index (χ2v) is 13.8. The van der Waals surface area contributed by atoms with E-state index in [1.54, 1.807) is 0 Å². The molecule has 1 aromatic heterocycles. The molecule has 0 fully saturated rings. The number of rotatable bonds is 8. The van der Waals surface area contributed by atoms with Crippen molar-refractivity contribution < 1.29 is 0 Å². The van der Waals surface area contributed by atoms with Crippen molar-refractivity contribution in [1.29, 1.82) is 0 Å². The predicted molar refractivity (Wildman–Crippen MR) is 233 cm³/mol. The van der Waals surface area contributed by atoms with Crippen molar-refractivity contribution in [3.63, 3.8) is 0 Å². The summed E-state index contributed by atoms with van der Waals surface area (Å²) < 4.78 is 2.45. The first-order chi connectivity index (χ1) is 27.3. The summed E-state index contributed by atoms with van der Waals surface area (Å²) in [6.07, 6.45) is 0. The number of fused-ring (bicyclic) bond motifs is 4. The summed E-state index contributed by atoms with van der Waals surface area (Å²) in [4.78, 5) is 4.80. The fourth-order valence-electron chi connectivity index (χ4n) is 8.02. The highest BCUT2D eigenvalue weighted by Gasteiger charge is 2.25. The number of hydrogen-bond donors (Lipinski definition) is 0. The van der Waals surface area contributed by atoms with Gasteiger partial charge in [0.1, 0.15) is 0 Å². The topological polar surface area (TPSA) is 11.4 Å². The minimum atomic E-state index is 1.06. The zero-order valence-electron chi connectivity index (χ0n) is 30.2. The van der Waals surface area contributed by atoms with Crippen molar-refractivity contribution in [2.24, 2.45) is 0 Å². The number of para-hydroxylation sites is 4. The van der Waals surface area contributed by atoms with Gasteiger partial charge in [-0.25, -0.2) is 0 Å². The molecule has 0 saturated carbocycles. The Hall–Kier alpha value is -7.36. The molecule has 0 atom stereocenters. The van der Waals surface area contributed by atoms with Crippen LogP contribution in [0.1, 0.15) is 0 Å². The van der Waals surface area contributed by atoms with Gasteiger partial charge in [0.15, 0.2) is 0 Å². The van der Waals surface area contributed by atoms with E-state index in [0.717, 1.165) is 50.8 Å². The second kappa shape index (κ2) is 13.9. The first-order valence-corrected chi connectivity index (χ1v) is 18.8. The smallest absolute Gasteiger partial charge is 0.0583 e. The summed E-state index contributed by atoms with van der Waals surface area (Å²) >= 11 is 0. The van der Waals surface area contributed by atoms with Crippen molar-refractivity contribution in [3.05, 3.63) is 224 Å². The van der Waals surface area contributed by atoms with Gasteiger partial charge in [0.05, 0.1) is 22.4 Å². The largest absolute Gasteiger partial charge is 0.310 e. The summed E-state index contributed by atoms with van der Waals surface area (Å²) in [7, 11) is 0. The molecule has 0 spiro atoms. The van der Waals surface area contributed by atoms with Crippen molar-refractivity contribution in [2.45, 2.75) is 0 Å². The van der Waals surface area contributed by atoms with Crippen LogP contribution in [0.3, 0.4) is 0 Å². The van der Waals surface area contributed by atoms with E-state index in [1.165, 1.54) is 32.7 Å². The third kappa shape index (κ3) is 5.89. The lowest BCUT2D eigenvalue weighted by atomic mass is 10.0. The first-order valence-electron chi connectivity index (χ1n) is 18.8. The fraction of sp³-hybridized carbons (Fsp3) is 0. The first kappa shape index (κ1) is 32.3. The lowest BCUT2D eigenvalue weighted by Gasteiger charge is -2.30. The summed E-state index contributed by atoms with van der Waals surface area (Å²) in [6, 6.07) is 80.7. The molecule has 0 aliphatic carbocycles. The molecule has 0 aliphatic rings. The molecule has 0 bridgehead atoms. The van der Waals surface area contributed by atoms with Gasteiger partial charge < -0.3 is 14.4 Å². The maximum absolute atomic E-state index is 2.45. The van der Waals surface area contributed by atoms with Crippen molar-refractivity contribution in [3.8, 4) is 16.8 Å². The Morgan fingerprint density at radius 2 is 0.873 bits per heavy atom. The number of benzene rings is 9. The zero-order valence-corrected chi connectivity index (χ0v) is 30.2. The van der Waals surface area contributed by atoms with E-state index in [-0.39, 0.29) is 0 Å². The van der Waals surface area contributed by atoms with Gasteiger partial charge >= 0.3 is 0 Å². The van der Waals surface area contributed by atoms with Crippen LogP contribution >= 0.6 is 0 Å². The molecular formula is C52H37N3. The molecule has 10 rings (SSSR count). The Morgan fingerprint density at radius 3 is 1.56 bits per heavy atom. The van der Waals surface area contributed by atoms with Crippen LogP contribution in [0.2, 0.25) is 0 Å². The summed E-state index contributed by atoms with van der Waals surface area (Å²) in [5.41, 5.74) is 12.3. The number of aromatic nitrogens is 1. The summed E-state index contributed by atoms with van der Waals surface area (Å²) in [5.74, 6) is 0. The van der Waals surface area contributed by atoms with Crippen LogP contribution in [0.4, 0.5) is 34.1 Å². The quantitative estimate of drug-likeness (QED) is 0.156. The molecule has 1 heterocycles. The van der Waals surface area contributed by atoms with E-state index in [9.17, 15) is 0 Å². The van der Waals surface area contributed by atoms with Crippen LogP contribution in [0.5, 0.6) is 0 Å². The highest BCUT2D eigenvalue weighted by atomic mass is 15.2. The summed E-state index contributed by atoms with van der Waals surface area (Å²) in [6.45, 7) is 0. The van der Waals surface area contributed by atoms with Crippen molar-refractivity contribution in [2.75, 3.05) is 9.80 Å². The Morgan fingerprint density at radius 1 is 0.309 bits per heavy atom. The SMILES string of the molecule is c1ccc(-c2cccc(-n3c4ccccc4c4c(N(c5ccccc5)c5ccccc5)cc(N(c5ccccc5)c5ccc6ccccc6c5)cc43)c2)cc1.